The predicted octanol–water partition coefficient (Wildman–Crippen LogP) is 5.93. The van der Waals surface area contributed by atoms with Crippen LogP contribution in [0, 0.1) is 18.3 Å². The molecule has 0 atom stereocenters. The Labute approximate surface area is 212 Å². The molecule has 3 aromatic heterocycles. The van der Waals surface area contributed by atoms with Crippen LogP contribution in [0.25, 0.3) is 22.3 Å². The summed E-state index contributed by atoms with van der Waals surface area (Å²) in [6.45, 7) is 6.63. The van der Waals surface area contributed by atoms with Crippen molar-refractivity contribution in [2.75, 3.05) is 18.4 Å². The van der Waals surface area contributed by atoms with Gasteiger partial charge in [-0.1, -0.05) is 29.8 Å². The molecule has 0 aliphatic heterocycles. The second-order valence-corrected chi connectivity index (χ2v) is 9.14. The molecule has 4 rings (SSSR count). The number of para-hydroxylation sites is 1. The number of rotatable bonds is 6. The van der Waals surface area contributed by atoms with Gasteiger partial charge in [0.1, 0.15) is 11.1 Å². The van der Waals surface area contributed by atoms with Gasteiger partial charge < -0.3 is 10.2 Å². The maximum atomic E-state index is 13.5. The summed E-state index contributed by atoms with van der Waals surface area (Å²) in [5.74, 6) is -0.593. The van der Waals surface area contributed by atoms with Crippen LogP contribution in [-0.4, -0.2) is 39.8 Å². The van der Waals surface area contributed by atoms with Crippen LogP contribution in [0.1, 0.15) is 45.0 Å². The van der Waals surface area contributed by atoms with Crippen molar-refractivity contribution in [3.05, 3.63) is 75.3 Å². The minimum Gasteiger partial charge on any atom is -0.338 e. The van der Waals surface area contributed by atoms with Crippen LogP contribution in [0.3, 0.4) is 0 Å². The van der Waals surface area contributed by atoms with E-state index in [4.69, 9.17) is 11.6 Å². The number of nitrogens with zero attached hydrogens (tertiary/aromatic N) is 4. The standard InChI is InChI=1S/C26H22ClN5O2S/c1-4-32(5-2)26(34)23-15(3)18(14-28)25(35-23)31-24(33)17-13-21(20-11-6-7-12-29-20)30-22-16(17)9-8-10-19(22)27/h6-13H,4-5H2,1-3H3,(H,31,33). The number of halogens is 1. The Kier molecular flexibility index (Phi) is 7.10. The Bertz CT molecular complexity index is 1470. The SMILES string of the molecule is CCN(CC)C(=O)c1sc(NC(=O)c2cc(-c3ccccn3)nc3c(Cl)cccc23)c(C#N)c1C. The van der Waals surface area contributed by atoms with E-state index in [1.54, 1.807) is 54.4 Å². The molecule has 9 heteroatoms. The molecule has 0 spiro atoms. The minimum absolute atomic E-state index is 0.159. The van der Waals surface area contributed by atoms with E-state index >= 15 is 0 Å². The summed E-state index contributed by atoms with van der Waals surface area (Å²) in [6.07, 6.45) is 1.65. The Hall–Kier alpha value is -3.80. The highest BCUT2D eigenvalue weighted by Crippen LogP contribution is 2.35. The normalized spacial score (nSPS) is 10.7. The molecule has 176 valence electrons. The molecule has 0 radical (unpaired) electrons. The van der Waals surface area contributed by atoms with E-state index in [0.29, 0.717) is 61.4 Å². The molecule has 35 heavy (non-hydrogen) atoms. The summed E-state index contributed by atoms with van der Waals surface area (Å²) in [6, 6.07) is 14.5. The number of hydrogen-bond donors (Lipinski definition) is 1. The lowest BCUT2D eigenvalue weighted by molar-refractivity contribution is 0.0777. The maximum absolute atomic E-state index is 13.5. The lowest BCUT2D eigenvalue weighted by Gasteiger charge is -2.17. The maximum Gasteiger partial charge on any atom is 0.264 e. The van der Waals surface area contributed by atoms with Gasteiger partial charge in [-0.05, 0) is 50.6 Å². The van der Waals surface area contributed by atoms with Gasteiger partial charge in [-0.2, -0.15) is 5.26 Å². The van der Waals surface area contributed by atoms with E-state index in [9.17, 15) is 14.9 Å². The van der Waals surface area contributed by atoms with E-state index in [1.807, 2.05) is 19.9 Å². The highest BCUT2D eigenvalue weighted by atomic mass is 35.5. The molecule has 0 aliphatic rings. The Balaban J connectivity index is 1.80. The number of nitriles is 1. The third-order valence-corrected chi connectivity index (χ3v) is 7.19. The molecule has 2 amide bonds. The lowest BCUT2D eigenvalue weighted by Crippen LogP contribution is -2.30. The number of nitrogens with one attached hydrogen (secondary N) is 1. The zero-order valence-electron chi connectivity index (χ0n) is 19.4. The van der Waals surface area contributed by atoms with Crippen LogP contribution in [0.2, 0.25) is 5.02 Å². The second-order valence-electron chi connectivity index (χ2n) is 7.71. The summed E-state index contributed by atoms with van der Waals surface area (Å²) >= 11 is 7.53. The van der Waals surface area contributed by atoms with Gasteiger partial charge >= 0.3 is 0 Å². The number of thiophene rings is 1. The van der Waals surface area contributed by atoms with Gasteiger partial charge in [-0.15, -0.1) is 11.3 Å². The Morgan fingerprint density at radius 1 is 1.14 bits per heavy atom. The van der Waals surface area contributed by atoms with Gasteiger partial charge in [0, 0.05) is 24.7 Å². The molecule has 0 saturated heterocycles. The van der Waals surface area contributed by atoms with Crippen molar-refractivity contribution in [3.63, 3.8) is 0 Å². The van der Waals surface area contributed by atoms with Crippen LogP contribution in [0.4, 0.5) is 5.00 Å². The van der Waals surface area contributed by atoms with E-state index < -0.39 is 5.91 Å². The van der Waals surface area contributed by atoms with E-state index in [-0.39, 0.29) is 11.5 Å². The van der Waals surface area contributed by atoms with Crippen LogP contribution in [0.15, 0.2) is 48.7 Å². The average molecular weight is 504 g/mol. The molecule has 3 heterocycles. The van der Waals surface area contributed by atoms with Crippen LogP contribution < -0.4 is 5.32 Å². The first-order chi connectivity index (χ1) is 16.9. The fourth-order valence-corrected chi connectivity index (χ4v) is 5.15. The summed E-state index contributed by atoms with van der Waals surface area (Å²) in [5, 5.41) is 13.9. The van der Waals surface area contributed by atoms with Crippen molar-refractivity contribution in [1.29, 1.82) is 5.26 Å². The topological polar surface area (TPSA) is 99.0 Å². The molecule has 0 unspecified atom stereocenters. The molecule has 1 aromatic carbocycles. The van der Waals surface area contributed by atoms with Crippen molar-refractivity contribution in [2.24, 2.45) is 0 Å². The smallest absolute Gasteiger partial charge is 0.264 e. The summed E-state index contributed by atoms with van der Waals surface area (Å²) in [5.41, 5.74) is 2.74. The highest BCUT2D eigenvalue weighted by molar-refractivity contribution is 7.18. The van der Waals surface area contributed by atoms with Crippen molar-refractivity contribution < 1.29 is 9.59 Å². The fourth-order valence-electron chi connectivity index (χ4n) is 3.81. The summed E-state index contributed by atoms with van der Waals surface area (Å²) in [4.78, 5) is 37.6. The molecular weight excluding hydrogens is 482 g/mol. The van der Waals surface area contributed by atoms with E-state index in [0.717, 1.165) is 11.3 Å². The number of benzene rings is 1. The van der Waals surface area contributed by atoms with Crippen molar-refractivity contribution in [3.8, 4) is 17.5 Å². The van der Waals surface area contributed by atoms with Gasteiger partial charge in [0.25, 0.3) is 11.8 Å². The first-order valence-electron chi connectivity index (χ1n) is 11.0. The number of pyridine rings is 2. The monoisotopic (exact) mass is 503 g/mol. The molecule has 0 saturated carbocycles. The number of anilines is 1. The van der Waals surface area contributed by atoms with E-state index in [1.165, 1.54) is 0 Å². The molecule has 4 aromatic rings. The third-order valence-electron chi connectivity index (χ3n) is 5.69. The molecule has 7 nitrogen and oxygen atoms in total. The van der Waals surface area contributed by atoms with Gasteiger partial charge in [0.15, 0.2) is 0 Å². The zero-order valence-corrected chi connectivity index (χ0v) is 21.0. The zero-order chi connectivity index (χ0) is 25.1. The van der Waals surface area contributed by atoms with Crippen molar-refractivity contribution in [1.82, 2.24) is 14.9 Å². The van der Waals surface area contributed by atoms with Crippen molar-refractivity contribution >= 4 is 50.7 Å². The summed E-state index contributed by atoms with van der Waals surface area (Å²) in [7, 11) is 0. The van der Waals surface area contributed by atoms with Crippen LogP contribution >= 0.6 is 22.9 Å². The van der Waals surface area contributed by atoms with Crippen LogP contribution in [-0.2, 0) is 0 Å². The third kappa shape index (κ3) is 4.61. The number of aromatic nitrogens is 2. The lowest BCUT2D eigenvalue weighted by atomic mass is 10.1. The molecule has 0 fully saturated rings. The highest BCUT2D eigenvalue weighted by Gasteiger charge is 2.25. The Morgan fingerprint density at radius 2 is 1.91 bits per heavy atom. The average Bonchev–Trinajstić information content (AvgIpc) is 3.19. The fraction of sp³-hybridized carbons (Fsp3) is 0.192. The number of hydrogen-bond acceptors (Lipinski definition) is 6. The number of amides is 2. The number of carbonyl (C=O) groups is 2. The quantitative estimate of drug-likeness (QED) is 0.351. The van der Waals surface area contributed by atoms with Crippen molar-refractivity contribution in [2.45, 2.75) is 20.8 Å². The molecule has 0 aliphatic carbocycles. The van der Waals surface area contributed by atoms with Gasteiger partial charge in [-0.25, -0.2) is 4.98 Å². The minimum atomic E-state index is -0.434. The first-order valence-corrected chi connectivity index (χ1v) is 12.2. The van der Waals surface area contributed by atoms with Gasteiger partial charge in [-0.3, -0.25) is 14.6 Å². The first kappa shape index (κ1) is 24.3. The second kappa shape index (κ2) is 10.2. The van der Waals surface area contributed by atoms with Gasteiger partial charge in [0.05, 0.1) is 37.9 Å². The predicted molar refractivity (Wildman–Crippen MR) is 139 cm³/mol. The number of fused-ring (bicyclic) bond motifs is 1. The summed E-state index contributed by atoms with van der Waals surface area (Å²) < 4.78 is 0. The molecular formula is C26H22ClN5O2S. The van der Waals surface area contributed by atoms with Gasteiger partial charge in [0.2, 0.25) is 0 Å². The Morgan fingerprint density at radius 3 is 2.57 bits per heavy atom. The molecule has 1 N–H and O–H groups in total. The number of carbonyl (C=O) groups excluding carboxylic acids is 2. The van der Waals surface area contributed by atoms with Crippen LogP contribution in [0.5, 0.6) is 0 Å². The largest absolute Gasteiger partial charge is 0.338 e. The molecule has 0 bridgehead atoms. The van der Waals surface area contributed by atoms with E-state index in [2.05, 4.69) is 21.4 Å².